The number of thiazole rings is 1. The molecule has 0 bridgehead atoms. The first kappa shape index (κ1) is 26.7. The highest BCUT2D eigenvalue weighted by Crippen LogP contribution is 2.52. The van der Waals surface area contributed by atoms with Crippen LogP contribution >= 0.6 is 11.3 Å². The number of hydrogen-bond acceptors (Lipinski definition) is 6. The van der Waals surface area contributed by atoms with Gasteiger partial charge in [-0.15, -0.1) is 0 Å². The van der Waals surface area contributed by atoms with Crippen LogP contribution in [0, 0.1) is 0 Å². The number of amides is 2. The molecule has 41 heavy (non-hydrogen) atoms. The number of benzene rings is 4. The van der Waals surface area contributed by atoms with E-state index in [0.717, 1.165) is 49.7 Å². The van der Waals surface area contributed by atoms with Crippen molar-refractivity contribution in [3.63, 3.8) is 0 Å². The van der Waals surface area contributed by atoms with Gasteiger partial charge in [0.2, 0.25) is 0 Å². The first-order chi connectivity index (χ1) is 19.7. The van der Waals surface area contributed by atoms with Gasteiger partial charge in [0.25, 0.3) is 0 Å². The zero-order valence-electron chi connectivity index (χ0n) is 24.2. The number of hydrogen-bond donors (Lipinski definition) is 1. The third-order valence-corrected chi connectivity index (χ3v) is 8.79. The minimum atomic E-state index is -0.980. The Morgan fingerprint density at radius 3 is 1.78 bits per heavy atom. The highest BCUT2D eigenvalue weighted by Gasteiger charge is 2.51. The van der Waals surface area contributed by atoms with Gasteiger partial charge in [-0.05, 0) is 59.7 Å². The van der Waals surface area contributed by atoms with Crippen molar-refractivity contribution in [2.75, 3.05) is 67.2 Å². The molecule has 0 fully saturated rings. The maximum atomic E-state index is 14.4. The van der Waals surface area contributed by atoms with Crippen LogP contribution in [0.5, 0.6) is 0 Å². The molecule has 0 saturated carbocycles. The van der Waals surface area contributed by atoms with Crippen LogP contribution in [0.3, 0.4) is 0 Å². The Hall–Kier alpha value is -4.56. The summed E-state index contributed by atoms with van der Waals surface area (Å²) >= 11 is 1.53. The van der Waals surface area contributed by atoms with E-state index in [0.29, 0.717) is 5.13 Å². The Labute approximate surface area is 245 Å². The maximum Gasteiger partial charge on any atom is 0.329 e. The number of carbonyl (C=O) groups excluding carboxylic acids is 1. The van der Waals surface area contributed by atoms with Gasteiger partial charge in [-0.1, -0.05) is 53.8 Å². The van der Waals surface area contributed by atoms with Crippen LogP contribution in [0.15, 0.2) is 91.0 Å². The SMILES string of the molecule is CN(C)c1ccc(C2(c3ccc(N(C)C)cc3)c3ccc(N(C)C)cc3NC(=O)N2c2nc3ccccc3s2)cc1. The lowest BCUT2D eigenvalue weighted by Gasteiger charge is -2.48. The summed E-state index contributed by atoms with van der Waals surface area (Å²) < 4.78 is 1.03. The second-order valence-corrected chi connectivity index (χ2v) is 12.0. The van der Waals surface area contributed by atoms with E-state index in [4.69, 9.17) is 4.98 Å². The van der Waals surface area contributed by atoms with E-state index < -0.39 is 5.54 Å². The standard InChI is InChI=1S/C33H34N6OS/c1-36(2)24-15-11-22(12-16-24)33(23-13-17-25(18-14-23)37(3)4)27-20-19-26(38(5)6)21-29(27)34-31(40)39(33)32-35-28-9-7-8-10-30(28)41-32/h7-21H,1-6H3,(H,34,40). The number of anilines is 5. The molecule has 0 saturated heterocycles. The molecule has 0 radical (unpaired) electrons. The average molecular weight is 563 g/mol. The molecule has 2 heterocycles. The monoisotopic (exact) mass is 562 g/mol. The summed E-state index contributed by atoms with van der Waals surface area (Å²) in [6, 6.07) is 31.1. The second kappa shape index (κ2) is 10.1. The van der Waals surface area contributed by atoms with Crippen LogP contribution in [0.25, 0.3) is 10.2 Å². The summed E-state index contributed by atoms with van der Waals surface area (Å²) in [5.41, 5.74) is 6.80. The largest absolute Gasteiger partial charge is 0.378 e. The average Bonchev–Trinajstić information content (AvgIpc) is 3.39. The van der Waals surface area contributed by atoms with E-state index in [-0.39, 0.29) is 6.03 Å². The summed E-state index contributed by atoms with van der Waals surface area (Å²) in [5.74, 6) is 0. The number of fused-ring (bicyclic) bond motifs is 2. The van der Waals surface area contributed by atoms with Crippen LogP contribution in [-0.4, -0.2) is 53.3 Å². The fourth-order valence-electron chi connectivity index (χ4n) is 5.60. The van der Waals surface area contributed by atoms with Crippen LogP contribution in [0.4, 0.5) is 32.7 Å². The zero-order chi connectivity index (χ0) is 28.9. The molecule has 1 aliphatic heterocycles. The smallest absolute Gasteiger partial charge is 0.329 e. The van der Waals surface area contributed by atoms with E-state index >= 15 is 0 Å². The molecule has 1 N–H and O–H groups in total. The topological polar surface area (TPSA) is 55.0 Å². The Balaban J connectivity index is 1.71. The summed E-state index contributed by atoms with van der Waals surface area (Å²) in [6.07, 6.45) is 0. The Morgan fingerprint density at radius 1 is 0.707 bits per heavy atom. The molecule has 6 rings (SSSR count). The van der Waals surface area contributed by atoms with E-state index in [2.05, 4.69) is 87.9 Å². The van der Waals surface area contributed by atoms with E-state index in [1.807, 2.05) is 70.3 Å². The molecular formula is C33H34N6OS. The normalized spacial score (nSPS) is 14.0. The number of carbonyl (C=O) groups is 1. The van der Waals surface area contributed by atoms with E-state index in [9.17, 15) is 4.79 Å². The Bertz CT molecular complexity index is 1640. The number of para-hydroxylation sites is 1. The quantitative estimate of drug-likeness (QED) is 0.246. The number of aromatic nitrogens is 1. The lowest BCUT2D eigenvalue weighted by molar-refractivity contribution is 0.252. The van der Waals surface area contributed by atoms with Gasteiger partial charge in [0.05, 0.1) is 15.9 Å². The lowest BCUT2D eigenvalue weighted by Crippen LogP contribution is -2.56. The van der Waals surface area contributed by atoms with Gasteiger partial charge in [0, 0.05) is 64.9 Å². The Morgan fingerprint density at radius 2 is 1.24 bits per heavy atom. The van der Waals surface area contributed by atoms with Crippen LogP contribution in [0.1, 0.15) is 16.7 Å². The molecule has 0 unspecified atom stereocenters. The van der Waals surface area contributed by atoms with Crippen molar-refractivity contribution in [2.45, 2.75) is 5.54 Å². The van der Waals surface area contributed by atoms with Crippen molar-refractivity contribution in [1.29, 1.82) is 0 Å². The number of urea groups is 1. The second-order valence-electron chi connectivity index (χ2n) is 10.9. The first-order valence-corrected chi connectivity index (χ1v) is 14.4. The number of nitrogens with one attached hydrogen (secondary N) is 1. The number of nitrogens with zero attached hydrogens (tertiary/aromatic N) is 5. The van der Waals surface area contributed by atoms with Gasteiger partial charge in [0.1, 0.15) is 5.54 Å². The van der Waals surface area contributed by atoms with Crippen molar-refractivity contribution in [3.05, 3.63) is 108 Å². The molecule has 5 aromatic rings. The Kier molecular flexibility index (Phi) is 6.58. The van der Waals surface area contributed by atoms with E-state index in [1.165, 1.54) is 11.3 Å². The van der Waals surface area contributed by atoms with Gasteiger partial charge in [-0.3, -0.25) is 4.90 Å². The maximum absolute atomic E-state index is 14.4. The number of rotatable bonds is 6. The first-order valence-electron chi connectivity index (χ1n) is 13.5. The van der Waals surface area contributed by atoms with Crippen LogP contribution in [0.2, 0.25) is 0 Å². The van der Waals surface area contributed by atoms with Gasteiger partial charge in [0.15, 0.2) is 5.13 Å². The van der Waals surface area contributed by atoms with Gasteiger partial charge < -0.3 is 20.0 Å². The predicted molar refractivity (Wildman–Crippen MR) is 173 cm³/mol. The molecule has 8 heteroatoms. The van der Waals surface area contributed by atoms with E-state index in [1.54, 1.807) is 0 Å². The summed E-state index contributed by atoms with van der Waals surface area (Å²) in [7, 11) is 12.1. The van der Waals surface area contributed by atoms with Crippen LogP contribution in [-0.2, 0) is 5.54 Å². The molecule has 4 aromatic carbocycles. The molecule has 0 atom stereocenters. The summed E-state index contributed by atoms with van der Waals surface area (Å²) in [6.45, 7) is 0. The summed E-state index contributed by atoms with van der Waals surface area (Å²) in [4.78, 5) is 27.4. The fraction of sp³-hybridized carbons (Fsp3) is 0.212. The predicted octanol–water partition coefficient (Wildman–Crippen LogP) is 6.84. The molecule has 7 nitrogen and oxygen atoms in total. The molecule has 0 spiro atoms. The minimum Gasteiger partial charge on any atom is -0.378 e. The zero-order valence-corrected chi connectivity index (χ0v) is 25.0. The summed E-state index contributed by atoms with van der Waals surface area (Å²) in [5, 5.41) is 3.85. The van der Waals surface area contributed by atoms with Crippen molar-refractivity contribution in [3.8, 4) is 0 Å². The third kappa shape index (κ3) is 4.35. The molecule has 208 valence electrons. The van der Waals surface area contributed by atoms with Crippen LogP contribution < -0.4 is 24.9 Å². The van der Waals surface area contributed by atoms with Gasteiger partial charge in [-0.2, -0.15) is 0 Å². The minimum absolute atomic E-state index is 0.221. The highest BCUT2D eigenvalue weighted by atomic mass is 32.1. The molecule has 2 amide bonds. The lowest BCUT2D eigenvalue weighted by atomic mass is 9.74. The van der Waals surface area contributed by atoms with Gasteiger partial charge >= 0.3 is 6.03 Å². The van der Waals surface area contributed by atoms with Crippen molar-refractivity contribution < 1.29 is 4.79 Å². The molecule has 0 aliphatic carbocycles. The van der Waals surface area contributed by atoms with Crippen molar-refractivity contribution in [2.24, 2.45) is 0 Å². The molecule has 1 aliphatic rings. The third-order valence-electron chi connectivity index (χ3n) is 7.77. The highest BCUT2D eigenvalue weighted by molar-refractivity contribution is 7.22. The molecule has 1 aromatic heterocycles. The van der Waals surface area contributed by atoms with Gasteiger partial charge in [-0.25, -0.2) is 9.78 Å². The van der Waals surface area contributed by atoms with Crippen molar-refractivity contribution >= 4 is 55.5 Å². The van der Waals surface area contributed by atoms with Crippen molar-refractivity contribution in [1.82, 2.24) is 4.98 Å². The molecular weight excluding hydrogens is 528 g/mol. The fourth-order valence-corrected chi connectivity index (χ4v) is 6.61.